The van der Waals surface area contributed by atoms with Crippen molar-refractivity contribution in [2.24, 2.45) is 5.92 Å². The molecule has 2 amide bonds. The molecule has 0 aliphatic carbocycles. The monoisotopic (exact) mass is 334 g/mol. The molecule has 0 spiro atoms. The van der Waals surface area contributed by atoms with Crippen LogP contribution in [0.3, 0.4) is 0 Å². The normalized spacial score (nSPS) is 15.4. The molecule has 1 saturated heterocycles. The van der Waals surface area contributed by atoms with Crippen molar-refractivity contribution in [3.05, 3.63) is 35.6 Å². The van der Waals surface area contributed by atoms with Gasteiger partial charge in [0.15, 0.2) is 0 Å². The summed E-state index contributed by atoms with van der Waals surface area (Å²) in [6.45, 7) is 6.94. The van der Waals surface area contributed by atoms with Crippen molar-refractivity contribution >= 4 is 11.8 Å². The van der Waals surface area contributed by atoms with Crippen LogP contribution in [0.1, 0.15) is 49.9 Å². The van der Waals surface area contributed by atoms with Crippen molar-refractivity contribution in [2.45, 2.75) is 39.5 Å². The topological polar surface area (TPSA) is 40.6 Å². The Hall–Kier alpha value is -1.91. The van der Waals surface area contributed by atoms with Crippen molar-refractivity contribution in [3.63, 3.8) is 0 Å². The van der Waals surface area contributed by atoms with E-state index in [1.54, 1.807) is 4.90 Å². The molecule has 24 heavy (non-hydrogen) atoms. The number of nitrogens with zero attached hydrogens (tertiary/aromatic N) is 2. The lowest BCUT2D eigenvalue weighted by molar-refractivity contribution is -0.137. The maximum absolute atomic E-state index is 13.0. The molecule has 1 aromatic carbocycles. The summed E-state index contributed by atoms with van der Waals surface area (Å²) in [5, 5.41) is 0. The quantitative estimate of drug-likeness (QED) is 0.801. The summed E-state index contributed by atoms with van der Waals surface area (Å²) in [5.74, 6) is -0.185. The van der Waals surface area contributed by atoms with Gasteiger partial charge in [0.2, 0.25) is 5.91 Å². The van der Waals surface area contributed by atoms with Crippen LogP contribution in [0.15, 0.2) is 24.3 Å². The fraction of sp³-hybridized carbons (Fsp3) is 0.579. The molecule has 0 atom stereocenters. The van der Waals surface area contributed by atoms with E-state index < -0.39 is 0 Å². The number of likely N-dealkylation sites (tertiary alicyclic amines) is 1. The summed E-state index contributed by atoms with van der Waals surface area (Å²) >= 11 is 0. The molecule has 0 bridgehead atoms. The smallest absolute Gasteiger partial charge is 0.253 e. The molecular weight excluding hydrogens is 307 g/mol. The molecule has 1 fully saturated rings. The van der Waals surface area contributed by atoms with Crippen LogP contribution in [0.5, 0.6) is 0 Å². The first-order chi connectivity index (χ1) is 11.6. The van der Waals surface area contributed by atoms with Gasteiger partial charge in [0.1, 0.15) is 5.82 Å². The molecule has 0 N–H and O–H groups in total. The van der Waals surface area contributed by atoms with Gasteiger partial charge in [-0.2, -0.15) is 0 Å². The van der Waals surface area contributed by atoms with E-state index in [0.717, 1.165) is 25.9 Å². The summed E-state index contributed by atoms with van der Waals surface area (Å²) in [6.07, 6.45) is 3.34. The predicted molar refractivity (Wildman–Crippen MR) is 92.2 cm³/mol. The highest BCUT2D eigenvalue weighted by molar-refractivity contribution is 5.94. The van der Waals surface area contributed by atoms with Crippen LogP contribution in [0.25, 0.3) is 0 Å². The lowest BCUT2D eigenvalue weighted by Crippen LogP contribution is -2.44. The van der Waals surface area contributed by atoms with E-state index in [4.69, 9.17) is 0 Å². The highest BCUT2D eigenvalue weighted by Gasteiger charge is 2.30. The van der Waals surface area contributed by atoms with Gasteiger partial charge in [-0.25, -0.2) is 4.39 Å². The standard InChI is InChI=1S/C19H27FN2O2/c1-3-11-21(12-4-2)19(24)16-9-13-22(14-10-16)18(23)15-5-7-17(20)8-6-15/h5-8,16H,3-4,9-14H2,1-2H3. The van der Waals surface area contributed by atoms with Gasteiger partial charge >= 0.3 is 0 Å². The first-order valence-electron chi connectivity index (χ1n) is 8.90. The van der Waals surface area contributed by atoms with Crippen LogP contribution in [-0.2, 0) is 4.79 Å². The zero-order chi connectivity index (χ0) is 17.5. The fourth-order valence-electron chi connectivity index (χ4n) is 3.23. The number of amides is 2. The number of carbonyl (C=O) groups excluding carboxylic acids is 2. The third-order valence-corrected chi connectivity index (χ3v) is 4.52. The molecule has 0 saturated carbocycles. The van der Waals surface area contributed by atoms with E-state index in [1.165, 1.54) is 24.3 Å². The molecule has 0 unspecified atom stereocenters. The van der Waals surface area contributed by atoms with E-state index in [2.05, 4.69) is 13.8 Å². The molecule has 1 aliphatic rings. The number of hydrogen-bond acceptors (Lipinski definition) is 2. The van der Waals surface area contributed by atoms with Crippen LogP contribution in [0, 0.1) is 11.7 Å². The molecule has 132 valence electrons. The second-order valence-electron chi connectivity index (χ2n) is 6.40. The van der Waals surface area contributed by atoms with Gasteiger partial charge in [-0.3, -0.25) is 9.59 Å². The Kier molecular flexibility index (Phi) is 6.76. The van der Waals surface area contributed by atoms with Crippen LogP contribution >= 0.6 is 0 Å². The minimum absolute atomic E-state index is 0.0142. The van der Waals surface area contributed by atoms with Crippen molar-refractivity contribution in [2.75, 3.05) is 26.2 Å². The van der Waals surface area contributed by atoms with E-state index in [-0.39, 0.29) is 23.5 Å². The Labute approximate surface area is 143 Å². The Morgan fingerprint density at radius 2 is 1.62 bits per heavy atom. The van der Waals surface area contributed by atoms with Crippen LogP contribution in [0.2, 0.25) is 0 Å². The molecule has 1 aliphatic heterocycles. The van der Waals surface area contributed by atoms with Crippen molar-refractivity contribution in [1.82, 2.24) is 9.80 Å². The number of rotatable bonds is 6. The van der Waals surface area contributed by atoms with Crippen LogP contribution in [0.4, 0.5) is 4.39 Å². The Morgan fingerprint density at radius 1 is 1.08 bits per heavy atom. The Morgan fingerprint density at radius 3 is 2.12 bits per heavy atom. The molecule has 4 nitrogen and oxygen atoms in total. The van der Waals surface area contributed by atoms with Gasteiger partial charge < -0.3 is 9.80 Å². The summed E-state index contributed by atoms with van der Waals surface area (Å²) in [6, 6.07) is 5.63. The van der Waals surface area contributed by atoms with Crippen LogP contribution < -0.4 is 0 Å². The number of hydrogen-bond donors (Lipinski definition) is 0. The minimum atomic E-state index is -0.345. The zero-order valence-electron chi connectivity index (χ0n) is 14.6. The molecule has 1 heterocycles. The Balaban J connectivity index is 1.91. The van der Waals surface area contributed by atoms with E-state index >= 15 is 0 Å². The molecule has 5 heteroatoms. The van der Waals surface area contributed by atoms with Gasteiger partial charge in [0, 0.05) is 37.7 Å². The second-order valence-corrected chi connectivity index (χ2v) is 6.40. The summed E-state index contributed by atoms with van der Waals surface area (Å²) < 4.78 is 13.0. The fourth-order valence-corrected chi connectivity index (χ4v) is 3.23. The lowest BCUT2D eigenvalue weighted by Gasteiger charge is -2.34. The van der Waals surface area contributed by atoms with Gasteiger partial charge in [0.25, 0.3) is 5.91 Å². The first kappa shape index (κ1) is 18.4. The second kappa shape index (κ2) is 8.81. The van der Waals surface area contributed by atoms with Crippen LogP contribution in [-0.4, -0.2) is 47.8 Å². The minimum Gasteiger partial charge on any atom is -0.342 e. The average Bonchev–Trinajstić information content (AvgIpc) is 2.61. The van der Waals surface area contributed by atoms with E-state index in [1.807, 2.05) is 4.90 Å². The maximum Gasteiger partial charge on any atom is 0.253 e. The lowest BCUT2D eigenvalue weighted by atomic mass is 9.94. The predicted octanol–water partition coefficient (Wildman–Crippen LogP) is 3.33. The molecule has 2 rings (SSSR count). The number of piperidine rings is 1. The summed E-state index contributed by atoms with van der Waals surface area (Å²) in [7, 11) is 0. The Bertz CT molecular complexity index is 545. The third kappa shape index (κ3) is 4.56. The summed E-state index contributed by atoms with van der Waals surface area (Å²) in [4.78, 5) is 28.8. The SMILES string of the molecule is CCCN(CCC)C(=O)C1CCN(C(=O)c2ccc(F)cc2)CC1. The molecule has 0 radical (unpaired) electrons. The molecular formula is C19H27FN2O2. The number of benzene rings is 1. The highest BCUT2D eigenvalue weighted by Crippen LogP contribution is 2.21. The molecule has 0 aromatic heterocycles. The third-order valence-electron chi connectivity index (χ3n) is 4.52. The summed E-state index contributed by atoms with van der Waals surface area (Å²) in [5.41, 5.74) is 0.500. The first-order valence-corrected chi connectivity index (χ1v) is 8.90. The highest BCUT2D eigenvalue weighted by atomic mass is 19.1. The number of carbonyl (C=O) groups is 2. The average molecular weight is 334 g/mol. The van der Waals surface area contributed by atoms with E-state index in [9.17, 15) is 14.0 Å². The van der Waals surface area contributed by atoms with Gasteiger partial charge in [0.05, 0.1) is 0 Å². The van der Waals surface area contributed by atoms with Crippen molar-refractivity contribution in [3.8, 4) is 0 Å². The number of halogens is 1. The van der Waals surface area contributed by atoms with E-state index in [0.29, 0.717) is 31.5 Å². The van der Waals surface area contributed by atoms with Gasteiger partial charge in [-0.1, -0.05) is 13.8 Å². The van der Waals surface area contributed by atoms with Crippen molar-refractivity contribution in [1.29, 1.82) is 0 Å². The molecule has 1 aromatic rings. The zero-order valence-corrected chi connectivity index (χ0v) is 14.6. The van der Waals surface area contributed by atoms with Gasteiger partial charge in [-0.05, 0) is 49.9 Å². The van der Waals surface area contributed by atoms with Crippen molar-refractivity contribution < 1.29 is 14.0 Å². The van der Waals surface area contributed by atoms with Gasteiger partial charge in [-0.15, -0.1) is 0 Å². The largest absolute Gasteiger partial charge is 0.342 e. The maximum atomic E-state index is 13.0.